The number of benzene rings is 1. The van der Waals surface area contributed by atoms with Gasteiger partial charge in [0, 0.05) is 6.42 Å². The normalized spacial score (nSPS) is 11.1. The lowest BCUT2D eigenvalue weighted by Gasteiger charge is -2.23. The summed E-state index contributed by atoms with van der Waals surface area (Å²) in [6.07, 6.45) is 0.491. The molecular weight excluding hydrogens is 216 g/mol. The molecule has 0 N–H and O–H groups in total. The Hall–Kier alpha value is -1.64. The number of ketones is 1. The van der Waals surface area contributed by atoms with Crippen LogP contribution in [0.1, 0.15) is 43.1 Å². The van der Waals surface area contributed by atoms with Crippen molar-refractivity contribution in [3.8, 4) is 0 Å². The average Bonchev–Trinajstić information content (AvgIpc) is 2.26. The van der Waals surface area contributed by atoms with Crippen LogP contribution in [-0.4, -0.2) is 18.9 Å². The molecule has 1 aromatic rings. The average molecular weight is 234 g/mol. The first-order valence-electron chi connectivity index (χ1n) is 5.55. The molecule has 0 heterocycles. The van der Waals surface area contributed by atoms with E-state index in [1.807, 2.05) is 26.0 Å². The summed E-state index contributed by atoms with van der Waals surface area (Å²) in [6.45, 7) is 5.62. The first-order chi connectivity index (χ1) is 7.86. The molecule has 3 heteroatoms. The molecule has 92 valence electrons. The molecule has 0 fully saturated rings. The standard InChI is InChI=1S/C14H18O3/c1-10(15)9-14(2,3)12-7-5-11(6-8-12)13(16)17-4/h5-8H,9H2,1-4H3. The van der Waals surface area contributed by atoms with Crippen molar-refractivity contribution in [3.05, 3.63) is 35.4 Å². The number of rotatable bonds is 4. The summed E-state index contributed by atoms with van der Waals surface area (Å²) in [7, 11) is 1.36. The highest BCUT2D eigenvalue weighted by molar-refractivity contribution is 5.89. The minimum Gasteiger partial charge on any atom is -0.465 e. The van der Waals surface area contributed by atoms with Gasteiger partial charge in [-0.2, -0.15) is 0 Å². The molecule has 0 aliphatic rings. The van der Waals surface area contributed by atoms with Gasteiger partial charge in [0.2, 0.25) is 0 Å². The third kappa shape index (κ3) is 3.41. The zero-order valence-corrected chi connectivity index (χ0v) is 10.7. The molecule has 0 spiro atoms. The molecule has 0 unspecified atom stereocenters. The Morgan fingerprint density at radius 1 is 1.18 bits per heavy atom. The van der Waals surface area contributed by atoms with Crippen molar-refractivity contribution in [3.63, 3.8) is 0 Å². The highest BCUT2D eigenvalue weighted by atomic mass is 16.5. The van der Waals surface area contributed by atoms with Gasteiger partial charge in [0.15, 0.2) is 0 Å². The molecule has 1 aromatic carbocycles. The lowest BCUT2D eigenvalue weighted by atomic mass is 9.80. The Labute approximate surface area is 102 Å². The Morgan fingerprint density at radius 2 is 1.71 bits per heavy atom. The topological polar surface area (TPSA) is 43.4 Å². The second kappa shape index (κ2) is 5.13. The van der Waals surface area contributed by atoms with E-state index < -0.39 is 0 Å². The van der Waals surface area contributed by atoms with Gasteiger partial charge in [-0.3, -0.25) is 4.79 Å². The Balaban J connectivity index is 2.94. The summed E-state index contributed by atoms with van der Waals surface area (Å²) >= 11 is 0. The van der Waals surface area contributed by atoms with E-state index in [0.717, 1.165) is 5.56 Å². The quantitative estimate of drug-likeness (QED) is 0.752. The smallest absolute Gasteiger partial charge is 0.337 e. The van der Waals surface area contributed by atoms with E-state index in [1.165, 1.54) is 7.11 Å². The van der Waals surface area contributed by atoms with Crippen molar-refractivity contribution >= 4 is 11.8 Å². The number of methoxy groups -OCH3 is 1. The monoisotopic (exact) mass is 234 g/mol. The maximum Gasteiger partial charge on any atom is 0.337 e. The van der Waals surface area contributed by atoms with Gasteiger partial charge in [0.05, 0.1) is 12.7 Å². The Kier molecular flexibility index (Phi) is 4.05. The van der Waals surface area contributed by atoms with E-state index in [-0.39, 0.29) is 17.2 Å². The molecule has 0 saturated heterocycles. The van der Waals surface area contributed by atoms with Crippen LogP contribution in [0.2, 0.25) is 0 Å². The maximum atomic E-state index is 11.3. The van der Waals surface area contributed by atoms with Crippen molar-refractivity contribution in [2.45, 2.75) is 32.6 Å². The first kappa shape index (κ1) is 13.4. The van der Waals surface area contributed by atoms with Gasteiger partial charge in [0.1, 0.15) is 5.78 Å². The van der Waals surface area contributed by atoms with Crippen LogP contribution in [0.3, 0.4) is 0 Å². The molecule has 0 aliphatic carbocycles. The first-order valence-corrected chi connectivity index (χ1v) is 5.55. The molecule has 0 aromatic heterocycles. The Bertz CT molecular complexity index is 416. The summed E-state index contributed by atoms with van der Waals surface area (Å²) in [5.74, 6) is -0.187. The van der Waals surface area contributed by atoms with Crippen molar-refractivity contribution < 1.29 is 14.3 Å². The summed E-state index contributed by atoms with van der Waals surface area (Å²) in [5.41, 5.74) is 1.36. The van der Waals surface area contributed by atoms with Crippen molar-refractivity contribution in [1.82, 2.24) is 0 Å². The van der Waals surface area contributed by atoms with Gasteiger partial charge in [-0.1, -0.05) is 26.0 Å². The minimum absolute atomic E-state index is 0.159. The molecule has 0 atom stereocenters. The van der Waals surface area contributed by atoms with Crippen LogP contribution in [0.25, 0.3) is 0 Å². The van der Waals surface area contributed by atoms with E-state index >= 15 is 0 Å². The van der Waals surface area contributed by atoms with Crippen LogP contribution in [0.5, 0.6) is 0 Å². The van der Waals surface area contributed by atoms with Gasteiger partial charge in [-0.25, -0.2) is 4.79 Å². The summed E-state index contributed by atoms with van der Waals surface area (Å²) < 4.78 is 4.63. The minimum atomic E-state index is -0.346. The largest absolute Gasteiger partial charge is 0.465 e. The number of hydrogen-bond donors (Lipinski definition) is 0. The molecule has 1 rings (SSSR count). The highest BCUT2D eigenvalue weighted by Gasteiger charge is 2.22. The van der Waals surface area contributed by atoms with E-state index in [2.05, 4.69) is 4.74 Å². The third-order valence-electron chi connectivity index (χ3n) is 2.78. The molecule has 0 amide bonds. The number of carbonyl (C=O) groups excluding carboxylic acids is 2. The number of ether oxygens (including phenoxy) is 1. The zero-order valence-electron chi connectivity index (χ0n) is 10.7. The van der Waals surface area contributed by atoms with Gasteiger partial charge < -0.3 is 4.74 Å². The number of esters is 1. The summed E-state index contributed by atoms with van der Waals surface area (Å²) in [4.78, 5) is 22.5. The van der Waals surface area contributed by atoms with Gasteiger partial charge in [0.25, 0.3) is 0 Å². The molecular formula is C14H18O3. The second-order valence-corrected chi connectivity index (χ2v) is 4.83. The highest BCUT2D eigenvalue weighted by Crippen LogP contribution is 2.27. The fraction of sp³-hybridized carbons (Fsp3) is 0.429. The van der Waals surface area contributed by atoms with Gasteiger partial charge in [-0.05, 0) is 30.0 Å². The lowest BCUT2D eigenvalue weighted by molar-refractivity contribution is -0.118. The fourth-order valence-electron chi connectivity index (χ4n) is 1.90. The molecule has 3 nitrogen and oxygen atoms in total. The summed E-state index contributed by atoms with van der Waals surface area (Å²) in [5, 5.41) is 0. The van der Waals surface area contributed by atoms with Crippen molar-refractivity contribution in [2.75, 3.05) is 7.11 Å². The molecule has 0 aliphatic heterocycles. The third-order valence-corrected chi connectivity index (χ3v) is 2.78. The molecule has 0 radical (unpaired) electrons. The van der Waals surface area contributed by atoms with Crippen LogP contribution in [0.15, 0.2) is 24.3 Å². The van der Waals surface area contributed by atoms with E-state index in [9.17, 15) is 9.59 Å². The maximum absolute atomic E-state index is 11.3. The van der Waals surface area contributed by atoms with Crippen LogP contribution >= 0.6 is 0 Å². The van der Waals surface area contributed by atoms with Crippen molar-refractivity contribution in [2.24, 2.45) is 0 Å². The zero-order chi connectivity index (χ0) is 13.1. The number of Topliss-reactive ketones (excluding diaryl/α,β-unsaturated/α-hetero) is 1. The van der Waals surface area contributed by atoms with Crippen LogP contribution < -0.4 is 0 Å². The van der Waals surface area contributed by atoms with Crippen LogP contribution in [0, 0.1) is 0 Å². The lowest BCUT2D eigenvalue weighted by Crippen LogP contribution is -2.20. The SMILES string of the molecule is COC(=O)c1ccc(C(C)(C)CC(C)=O)cc1. The molecule has 0 saturated carbocycles. The van der Waals surface area contributed by atoms with Gasteiger partial charge >= 0.3 is 5.97 Å². The number of hydrogen-bond acceptors (Lipinski definition) is 3. The predicted octanol–water partition coefficient (Wildman–Crippen LogP) is 2.73. The number of carbonyl (C=O) groups is 2. The fourth-order valence-corrected chi connectivity index (χ4v) is 1.90. The van der Waals surface area contributed by atoms with Gasteiger partial charge in [-0.15, -0.1) is 0 Å². The van der Waals surface area contributed by atoms with E-state index in [1.54, 1.807) is 19.1 Å². The molecule has 0 bridgehead atoms. The van der Waals surface area contributed by atoms with E-state index in [0.29, 0.717) is 12.0 Å². The second-order valence-electron chi connectivity index (χ2n) is 4.83. The summed E-state index contributed by atoms with van der Waals surface area (Å²) in [6, 6.07) is 7.19. The predicted molar refractivity (Wildman–Crippen MR) is 66.1 cm³/mol. The Morgan fingerprint density at radius 3 is 2.12 bits per heavy atom. The van der Waals surface area contributed by atoms with E-state index in [4.69, 9.17) is 0 Å². The van der Waals surface area contributed by atoms with Crippen molar-refractivity contribution in [1.29, 1.82) is 0 Å². The van der Waals surface area contributed by atoms with Crippen LogP contribution in [-0.2, 0) is 14.9 Å². The van der Waals surface area contributed by atoms with Crippen LogP contribution in [0.4, 0.5) is 0 Å². The molecule has 17 heavy (non-hydrogen) atoms.